The fraction of sp³-hybridized carbons (Fsp3) is 0.645. The van der Waals surface area contributed by atoms with Gasteiger partial charge in [-0.2, -0.15) is 0 Å². The number of hydrogen-bond acceptors (Lipinski definition) is 12. The molecule has 3 atom stereocenters. The number of piperazine rings is 1. The molecule has 1 aliphatic heterocycles. The van der Waals surface area contributed by atoms with Crippen molar-refractivity contribution in [3.05, 3.63) is 23.3 Å². The summed E-state index contributed by atoms with van der Waals surface area (Å²) >= 11 is 0. The van der Waals surface area contributed by atoms with E-state index in [1.807, 2.05) is 0 Å². The summed E-state index contributed by atoms with van der Waals surface area (Å²) in [5.41, 5.74) is 1.08. The molecule has 0 aromatic rings. The highest BCUT2D eigenvalue weighted by molar-refractivity contribution is 5.97. The van der Waals surface area contributed by atoms with Crippen LogP contribution in [0.1, 0.15) is 79.1 Å². The molecular weight excluding hydrogens is 648 g/mol. The van der Waals surface area contributed by atoms with Crippen molar-refractivity contribution < 1.29 is 59.0 Å². The first-order valence-electron chi connectivity index (χ1n) is 16.0. The van der Waals surface area contributed by atoms with Crippen molar-refractivity contribution in [1.82, 2.24) is 31.1 Å². The predicted molar refractivity (Wildman–Crippen MR) is 170 cm³/mol. The summed E-state index contributed by atoms with van der Waals surface area (Å²) in [6.45, 7) is 5.15. The van der Waals surface area contributed by atoms with Crippen LogP contribution in [0.25, 0.3) is 0 Å². The van der Waals surface area contributed by atoms with Gasteiger partial charge in [-0.15, -0.1) is 0 Å². The van der Waals surface area contributed by atoms with Crippen LogP contribution in [0.15, 0.2) is 23.3 Å². The first-order chi connectivity index (χ1) is 23.0. The van der Waals surface area contributed by atoms with Gasteiger partial charge in [0.1, 0.15) is 18.1 Å². The van der Waals surface area contributed by atoms with Gasteiger partial charge in [0.2, 0.25) is 23.6 Å². The summed E-state index contributed by atoms with van der Waals surface area (Å²) in [4.78, 5) is 84.5. The molecule has 18 nitrogen and oxygen atoms in total. The molecule has 0 radical (unpaired) electrons. The van der Waals surface area contributed by atoms with Crippen molar-refractivity contribution in [2.75, 3.05) is 32.8 Å². The largest absolute Gasteiger partial charge is 0.464 e. The quantitative estimate of drug-likeness (QED) is 0.0353. The SMILES string of the molecule is CC(=O)NC(CCCN(O)C(C)=O)C(=O)OCC/C(C)=C/C(=O)N(O)CCCC1NC(=O)C(CCCN(O)C(=O)/C=C(/C)CCO)NC1=O. The number of carbonyl (C=O) groups excluding carboxylic acids is 7. The zero-order valence-electron chi connectivity index (χ0n) is 28.5. The molecule has 276 valence electrons. The van der Waals surface area contributed by atoms with Crippen LogP contribution < -0.4 is 16.0 Å². The molecule has 3 unspecified atom stereocenters. The van der Waals surface area contributed by atoms with E-state index in [2.05, 4.69) is 16.0 Å². The summed E-state index contributed by atoms with van der Waals surface area (Å²) in [6.07, 6.45) is 3.83. The summed E-state index contributed by atoms with van der Waals surface area (Å²) < 4.78 is 5.21. The van der Waals surface area contributed by atoms with E-state index in [9.17, 15) is 49.2 Å². The van der Waals surface area contributed by atoms with Crippen molar-refractivity contribution in [1.29, 1.82) is 0 Å². The first-order valence-corrected chi connectivity index (χ1v) is 16.0. The Morgan fingerprint density at radius 2 is 1.24 bits per heavy atom. The smallest absolute Gasteiger partial charge is 0.328 e. The third-order valence-corrected chi connectivity index (χ3v) is 7.38. The Bertz CT molecular complexity index is 1240. The lowest BCUT2D eigenvalue weighted by Crippen LogP contribution is -2.61. The van der Waals surface area contributed by atoms with Crippen LogP contribution in [-0.2, 0) is 38.3 Å². The summed E-state index contributed by atoms with van der Waals surface area (Å²) in [5, 5.41) is 47.5. The standard InChI is InChI=1S/C31H50N6O12/c1-20(11-16-38)18-27(41)36(47)14-5-8-24-29(43)34-25(30(44)33-24)9-6-15-37(48)28(42)19-21(2)12-17-49-31(45)26(32-22(3)39)10-7-13-35(46)23(4)40/h18-19,24-26,38,46-48H,5-17H2,1-4H3,(H,32,39)(H,33,44)(H,34,43)/b20-18-,21-19+. The number of carbonyl (C=O) groups is 7. The number of esters is 1. The second-order valence-corrected chi connectivity index (χ2v) is 11.7. The number of nitrogens with zero attached hydrogens (tertiary/aromatic N) is 3. The zero-order chi connectivity index (χ0) is 37.1. The Balaban J connectivity index is 2.44. The van der Waals surface area contributed by atoms with Crippen LogP contribution in [-0.4, -0.2) is 128 Å². The molecule has 1 aliphatic rings. The number of rotatable bonds is 21. The number of ether oxygens (including phenoxy) is 1. The molecule has 1 rings (SSSR count). The maximum absolute atomic E-state index is 12.5. The van der Waals surface area contributed by atoms with Crippen LogP contribution in [0.5, 0.6) is 0 Å². The Hall–Kier alpha value is -4.39. The lowest BCUT2D eigenvalue weighted by molar-refractivity contribution is -0.163. The van der Waals surface area contributed by atoms with Crippen molar-refractivity contribution in [2.45, 2.75) is 97.2 Å². The Morgan fingerprint density at radius 3 is 1.69 bits per heavy atom. The average Bonchev–Trinajstić information content (AvgIpc) is 3.01. The molecule has 1 heterocycles. The van der Waals surface area contributed by atoms with Crippen LogP contribution in [0.2, 0.25) is 0 Å². The normalized spacial score (nSPS) is 17.0. The van der Waals surface area contributed by atoms with E-state index < -0.39 is 59.5 Å². The van der Waals surface area contributed by atoms with E-state index in [0.29, 0.717) is 32.8 Å². The number of aliphatic hydroxyl groups excluding tert-OH is 1. The number of amides is 6. The van der Waals surface area contributed by atoms with Crippen molar-refractivity contribution in [3.63, 3.8) is 0 Å². The summed E-state index contributed by atoms with van der Waals surface area (Å²) in [7, 11) is 0. The van der Waals surface area contributed by atoms with Gasteiger partial charge in [-0.25, -0.2) is 20.0 Å². The zero-order valence-corrected chi connectivity index (χ0v) is 28.5. The minimum Gasteiger partial charge on any atom is -0.464 e. The fourth-order valence-corrected chi connectivity index (χ4v) is 4.59. The van der Waals surface area contributed by atoms with Gasteiger partial charge >= 0.3 is 5.97 Å². The van der Waals surface area contributed by atoms with Crippen molar-refractivity contribution in [3.8, 4) is 0 Å². The molecule has 18 heteroatoms. The minimum atomic E-state index is -0.997. The van der Waals surface area contributed by atoms with Gasteiger partial charge in [-0.05, 0) is 58.8 Å². The van der Waals surface area contributed by atoms with E-state index in [-0.39, 0.29) is 77.8 Å². The molecule has 0 aliphatic carbocycles. The molecule has 1 saturated heterocycles. The molecular formula is C31H50N6O12. The van der Waals surface area contributed by atoms with E-state index in [1.54, 1.807) is 13.8 Å². The molecule has 1 fully saturated rings. The lowest BCUT2D eigenvalue weighted by Gasteiger charge is -2.30. The third-order valence-electron chi connectivity index (χ3n) is 7.38. The maximum atomic E-state index is 12.5. The number of hydroxylamine groups is 6. The second-order valence-electron chi connectivity index (χ2n) is 11.7. The van der Waals surface area contributed by atoms with Gasteiger partial charge in [0.15, 0.2) is 0 Å². The number of aliphatic hydroxyl groups is 1. The van der Waals surface area contributed by atoms with E-state index in [0.717, 1.165) is 6.08 Å². The van der Waals surface area contributed by atoms with E-state index in [1.165, 1.54) is 19.9 Å². The van der Waals surface area contributed by atoms with Crippen LogP contribution >= 0.6 is 0 Å². The van der Waals surface area contributed by atoms with Gasteiger partial charge in [0, 0.05) is 58.7 Å². The molecule has 7 N–H and O–H groups in total. The van der Waals surface area contributed by atoms with Crippen molar-refractivity contribution in [2.24, 2.45) is 0 Å². The fourth-order valence-electron chi connectivity index (χ4n) is 4.59. The molecule has 0 aromatic heterocycles. The van der Waals surface area contributed by atoms with E-state index in [4.69, 9.17) is 9.84 Å². The topological polar surface area (TPSA) is 255 Å². The molecule has 6 amide bonds. The van der Waals surface area contributed by atoms with Gasteiger partial charge in [-0.3, -0.25) is 44.4 Å². The molecule has 0 spiro atoms. The Labute approximate surface area is 285 Å². The van der Waals surface area contributed by atoms with Gasteiger partial charge in [0.05, 0.1) is 6.61 Å². The Morgan fingerprint density at radius 1 is 0.776 bits per heavy atom. The monoisotopic (exact) mass is 698 g/mol. The molecule has 49 heavy (non-hydrogen) atoms. The third kappa shape index (κ3) is 17.0. The van der Waals surface area contributed by atoms with Gasteiger partial charge < -0.3 is 25.8 Å². The minimum absolute atomic E-state index is 0.0356. The predicted octanol–water partition coefficient (Wildman–Crippen LogP) is -0.303. The van der Waals surface area contributed by atoms with Crippen molar-refractivity contribution >= 4 is 41.4 Å². The van der Waals surface area contributed by atoms with E-state index >= 15 is 0 Å². The van der Waals surface area contributed by atoms with Crippen LogP contribution in [0.4, 0.5) is 0 Å². The van der Waals surface area contributed by atoms with Gasteiger partial charge in [-0.1, -0.05) is 11.1 Å². The molecule has 0 saturated carbocycles. The highest BCUT2D eigenvalue weighted by Gasteiger charge is 2.33. The van der Waals surface area contributed by atoms with Crippen LogP contribution in [0, 0.1) is 0 Å². The van der Waals surface area contributed by atoms with Gasteiger partial charge in [0.25, 0.3) is 11.8 Å². The summed E-state index contributed by atoms with van der Waals surface area (Å²) in [6, 6.07) is -2.74. The number of nitrogens with one attached hydrogen (secondary N) is 3. The highest BCUT2D eigenvalue weighted by atomic mass is 16.5. The summed E-state index contributed by atoms with van der Waals surface area (Å²) in [5.74, 6) is -4.04. The molecule has 0 aromatic carbocycles. The van der Waals surface area contributed by atoms with Crippen LogP contribution in [0.3, 0.4) is 0 Å². The average molecular weight is 699 g/mol. The highest BCUT2D eigenvalue weighted by Crippen LogP contribution is 2.11. The maximum Gasteiger partial charge on any atom is 0.328 e. The second kappa shape index (κ2) is 22.3. The molecule has 0 bridgehead atoms. The lowest BCUT2D eigenvalue weighted by atomic mass is 10.0. The Kier molecular flexibility index (Phi) is 19.4. The first kappa shape index (κ1) is 42.6. The number of hydrogen-bond donors (Lipinski definition) is 7.